The van der Waals surface area contributed by atoms with Gasteiger partial charge in [-0.2, -0.15) is 0 Å². The average molecular weight is 372 g/mol. The van der Waals surface area contributed by atoms with E-state index in [0.29, 0.717) is 39.7 Å². The molecule has 10 heteroatoms. The number of thioether (sulfide) groups is 1. The molecular weight excluding hydrogens is 362 g/mol. The van der Waals surface area contributed by atoms with Crippen LogP contribution in [0, 0.1) is 0 Å². The Bertz CT molecular complexity index is 805. The van der Waals surface area contributed by atoms with Crippen molar-refractivity contribution in [3.05, 3.63) is 33.2 Å². The molecule has 0 bridgehead atoms. The van der Waals surface area contributed by atoms with Gasteiger partial charge in [0.15, 0.2) is 15.6 Å². The van der Waals surface area contributed by atoms with Crippen LogP contribution in [0.5, 0.6) is 0 Å². The molecule has 0 saturated heterocycles. The third kappa shape index (κ3) is 2.95. The highest BCUT2D eigenvalue weighted by atomic mass is 79.9. The lowest BCUT2D eigenvalue weighted by Gasteiger charge is -1.98. The topological polar surface area (TPSA) is 103 Å². The SMILES string of the molecule is CCn1c(SCc2nnc(-c3ccc(Br)o3)o2)n[nH]c1=O. The predicted molar refractivity (Wildman–Crippen MR) is 77.8 cm³/mol. The number of furan rings is 1. The maximum atomic E-state index is 11.4. The number of nitrogens with zero attached hydrogens (tertiary/aromatic N) is 4. The molecule has 1 N–H and O–H groups in total. The van der Waals surface area contributed by atoms with E-state index in [2.05, 4.69) is 36.3 Å². The Morgan fingerprint density at radius 2 is 2.24 bits per heavy atom. The van der Waals surface area contributed by atoms with Crippen LogP contribution in [-0.2, 0) is 12.3 Å². The number of rotatable bonds is 5. The number of nitrogens with one attached hydrogen (secondary N) is 1. The van der Waals surface area contributed by atoms with Crippen molar-refractivity contribution in [3.63, 3.8) is 0 Å². The summed E-state index contributed by atoms with van der Waals surface area (Å²) in [7, 11) is 0. The molecular formula is C11H10BrN5O3S. The summed E-state index contributed by atoms with van der Waals surface area (Å²) in [6, 6.07) is 3.48. The second-order valence-corrected chi connectivity index (χ2v) is 5.67. The van der Waals surface area contributed by atoms with Gasteiger partial charge in [-0.1, -0.05) is 11.8 Å². The number of H-pyrrole nitrogens is 1. The standard InChI is InChI=1S/C11H10BrN5O3S/c1-2-17-10(18)15-16-11(17)21-5-8-13-14-9(20-8)6-3-4-7(12)19-6/h3-4H,2,5H2,1H3,(H,15,18). The molecule has 0 saturated carbocycles. The lowest BCUT2D eigenvalue weighted by molar-refractivity contribution is 0.486. The van der Waals surface area contributed by atoms with E-state index >= 15 is 0 Å². The first kappa shape index (κ1) is 14.1. The summed E-state index contributed by atoms with van der Waals surface area (Å²) < 4.78 is 13.0. The highest BCUT2D eigenvalue weighted by Gasteiger charge is 2.14. The van der Waals surface area contributed by atoms with Crippen LogP contribution >= 0.6 is 27.7 Å². The lowest BCUT2D eigenvalue weighted by Crippen LogP contribution is -2.16. The smallest absolute Gasteiger partial charge is 0.343 e. The highest BCUT2D eigenvalue weighted by molar-refractivity contribution is 9.10. The van der Waals surface area contributed by atoms with Crippen molar-refractivity contribution < 1.29 is 8.83 Å². The van der Waals surface area contributed by atoms with Crippen LogP contribution in [0.2, 0.25) is 0 Å². The molecule has 8 nitrogen and oxygen atoms in total. The van der Waals surface area contributed by atoms with E-state index in [1.165, 1.54) is 16.3 Å². The van der Waals surface area contributed by atoms with E-state index < -0.39 is 0 Å². The third-order valence-electron chi connectivity index (χ3n) is 2.62. The summed E-state index contributed by atoms with van der Waals surface area (Å²) in [5, 5.41) is 14.8. The van der Waals surface area contributed by atoms with E-state index in [4.69, 9.17) is 8.83 Å². The van der Waals surface area contributed by atoms with Gasteiger partial charge in [-0.15, -0.1) is 15.3 Å². The van der Waals surface area contributed by atoms with Gasteiger partial charge in [-0.05, 0) is 35.0 Å². The van der Waals surface area contributed by atoms with Crippen LogP contribution in [0.1, 0.15) is 12.8 Å². The van der Waals surface area contributed by atoms with Crippen molar-refractivity contribution >= 4 is 27.7 Å². The van der Waals surface area contributed by atoms with Crippen molar-refractivity contribution in [2.24, 2.45) is 0 Å². The number of hydrogen-bond donors (Lipinski definition) is 1. The molecule has 0 aliphatic heterocycles. The largest absolute Gasteiger partial charge is 0.444 e. The first-order chi connectivity index (χ1) is 10.2. The zero-order valence-corrected chi connectivity index (χ0v) is 13.3. The molecule has 3 aromatic heterocycles. The van der Waals surface area contributed by atoms with Gasteiger partial charge in [0.2, 0.25) is 5.89 Å². The highest BCUT2D eigenvalue weighted by Crippen LogP contribution is 2.25. The second kappa shape index (κ2) is 5.90. The maximum absolute atomic E-state index is 11.4. The van der Waals surface area contributed by atoms with Gasteiger partial charge in [0.1, 0.15) is 0 Å². The molecule has 0 aliphatic rings. The molecule has 0 atom stereocenters. The molecule has 0 aliphatic carbocycles. The summed E-state index contributed by atoms with van der Waals surface area (Å²) in [5.74, 6) is 1.65. The Balaban J connectivity index is 1.71. The van der Waals surface area contributed by atoms with Crippen LogP contribution in [0.15, 0.2) is 35.6 Å². The van der Waals surface area contributed by atoms with Gasteiger partial charge in [0.25, 0.3) is 5.89 Å². The van der Waals surface area contributed by atoms with Gasteiger partial charge < -0.3 is 8.83 Å². The Hall–Kier alpha value is -1.81. The molecule has 0 aromatic carbocycles. The van der Waals surface area contributed by atoms with Crippen LogP contribution in [0.25, 0.3) is 11.7 Å². The molecule has 3 rings (SSSR count). The quantitative estimate of drug-likeness (QED) is 0.686. The van der Waals surface area contributed by atoms with Gasteiger partial charge in [0.05, 0.1) is 5.75 Å². The number of aromatic nitrogens is 5. The Kier molecular flexibility index (Phi) is 3.97. The van der Waals surface area contributed by atoms with E-state index in [9.17, 15) is 4.79 Å². The van der Waals surface area contributed by atoms with Crippen molar-refractivity contribution in [1.82, 2.24) is 25.0 Å². The monoisotopic (exact) mass is 371 g/mol. The lowest BCUT2D eigenvalue weighted by atomic mass is 10.5. The Morgan fingerprint density at radius 3 is 2.95 bits per heavy atom. The predicted octanol–water partition coefficient (Wildman–Crippen LogP) is 2.29. The third-order valence-corrected chi connectivity index (χ3v) is 4.00. The normalized spacial score (nSPS) is 11.1. The Morgan fingerprint density at radius 1 is 1.38 bits per heavy atom. The van der Waals surface area contributed by atoms with Crippen molar-refractivity contribution in [1.29, 1.82) is 0 Å². The Labute approximate surface area is 131 Å². The molecule has 0 spiro atoms. The first-order valence-corrected chi connectivity index (χ1v) is 7.81. The minimum atomic E-state index is -0.230. The van der Waals surface area contributed by atoms with Crippen molar-refractivity contribution in [3.8, 4) is 11.7 Å². The summed E-state index contributed by atoms with van der Waals surface area (Å²) in [6.45, 7) is 2.42. The van der Waals surface area contributed by atoms with Crippen LogP contribution in [0.4, 0.5) is 0 Å². The summed E-state index contributed by atoms with van der Waals surface area (Å²) in [4.78, 5) is 11.4. The molecule has 0 radical (unpaired) electrons. The molecule has 0 amide bonds. The van der Waals surface area contributed by atoms with E-state index in [1.807, 2.05) is 6.92 Å². The molecule has 0 unspecified atom stereocenters. The molecule has 0 fully saturated rings. The second-order valence-electron chi connectivity index (χ2n) is 3.95. The minimum absolute atomic E-state index is 0.230. The molecule has 110 valence electrons. The zero-order chi connectivity index (χ0) is 14.8. The fourth-order valence-electron chi connectivity index (χ4n) is 1.66. The molecule has 21 heavy (non-hydrogen) atoms. The summed E-state index contributed by atoms with van der Waals surface area (Å²) in [5.41, 5.74) is -0.230. The first-order valence-electron chi connectivity index (χ1n) is 6.03. The van der Waals surface area contributed by atoms with Crippen molar-refractivity contribution in [2.45, 2.75) is 24.4 Å². The van der Waals surface area contributed by atoms with E-state index in [-0.39, 0.29) is 5.69 Å². The van der Waals surface area contributed by atoms with E-state index in [1.54, 1.807) is 12.1 Å². The zero-order valence-electron chi connectivity index (χ0n) is 10.9. The fourth-order valence-corrected chi connectivity index (χ4v) is 2.81. The molecule has 3 heterocycles. The summed E-state index contributed by atoms with van der Waals surface area (Å²) in [6.07, 6.45) is 0. The van der Waals surface area contributed by atoms with Crippen molar-refractivity contribution in [2.75, 3.05) is 0 Å². The van der Waals surface area contributed by atoms with Gasteiger partial charge in [0, 0.05) is 6.54 Å². The minimum Gasteiger partial charge on any atom is -0.444 e. The van der Waals surface area contributed by atoms with E-state index in [0.717, 1.165) is 0 Å². The summed E-state index contributed by atoms with van der Waals surface area (Å²) >= 11 is 4.55. The number of hydrogen-bond acceptors (Lipinski definition) is 7. The van der Waals surface area contributed by atoms with Gasteiger partial charge in [-0.3, -0.25) is 4.57 Å². The van der Waals surface area contributed by atoms with Crippen LogP contribution in [0.3, 0.4) is 0 Å². The van der Waals surface area contributed by atoms with Gasteiger partial charge >= 0.3 is 5.69 Å². The number of halogens is 1. The fraction of sp³-hybridized carbons (Fsp3) is 0.273. The maximum Gasteiger partial charge on any atom is 0.343 e. The van der Waals surface area contributed by atoms with Crippen LogP contribution in [-0.4, -0.2) is 25.0 Å². The van der Waals surface area contributed by atoms with Gasteiger partial charge in [-0.25, -0.2) is 9.89 Å². The average Bonchev–Trinajstić information content (AvgIpc) is 3.16. The molecule has 3 aromatic rings. The van der Waals surface area contributed by atoms with Crippen LogP contribution < -0.4 is 5.69 Å². The number of aromatic amines is 1.